The van der Waals surface area contributed by atoms with Gasteiger partial charge >= 0.3 is 0 Å². The van der Waals surface area contributed by atoms with Crippen LogP contribution in [0.5, 0.6) is 0 Å². The number of likely N-dealkylation sites (N-methyl/N-ethyl adjacent to an activating group) is 1. The van der Waals surface area contributed by atoms with Gasteiger partial charge in [0.2, 0.25) is 5.91 Å². The highest BCUT2D eigenvalue weighted by atomic mass is 32.2. The van der Waals surface area contributed by atoms with Crippen molar-refractivity contribution >= 4 is 21.6 Å². The van der Waals surface area contributed by atoms with E-state index < -0.39 is 10.0 Å². The second kappa shape index (κ2) is 11.1. The largest absolute Gasteiger partial charge is 0.354 e. The van der Waals surface area contributed by atoms with Crippen LogP contribution >= 0.6 is 0 Å². The zero-order valence-corrected chi connectivity index (χ0v) is 21.0. The molecule has 2 aromatic rings. The minimum Gasteiger partial charge on any atom is -0.354 e. The second-order valence-corrected chi connectivity index (χ2v) is 10.9. The molecule has 1 amide bonds. The average Bonchev–Trinajstić information content (AvgIpc) is 2.76. The van der Waals surface area contributed by atoms with Gasteiger partial charge in [-0.2, -0.15) is 0 Å². The highest BCUT2D eigenvalue weighted by Gasteiger charge is 2.27. The van der Waals surface area contributed by atoms with Gasteiger partial charge in [-0.3, -0.25) is 9.10 Å². The van der Waals surface area contributed by atoms with Crippen molar-refractivity contribution in [1.29, 1.82) is 0 Å². The van der Waals surface area contributed by atoms with Crippen LogP contribution in [0.4, 0.5) is 5.69 Å². The molecule has 3 rings (SSSR count). The normalized spacial score (nSPS) is 15.4. The average molecular weight is 473 g/mol. The maximum Gasteiger partial charge on any atom is 0.264 e. The Morgan fingerprint density at radius 3 is 2.15 bits per heavy atom. The molecule has 8 heteroatoms. The highest BCUT2D eigenvalue weighted by Crippen LogP contribution is 2.26. The van der Waals surface area contributed by atoms with Crippen LogP contribution in [-0.2, 0) is 14.8 Å². The number of hydrogen-bond donors (Lipinski definition) is 1. The molecule has 7 nitrogen and oxygen atoms in total. The molecule has 2 aromatic carbocycles. The van der Waals surface area contributed by atoms with Crippen LogP contribution in [-0.4, -0.2) is 77.0 Å². The first-order chi connectivity index (χ1) is 15.6. The van der Waals surface area contributed by atoms with Gasteiger partial charge in [-0.1, -0.05) is 23.8 Å². The maximum atomic E-state index is 13.5. The fourth-order valence-electron chi connectivity index (χ4n) is 4.04. The number of nitrogens with zero attached hydrogens (tertiary/aromatic N) is 3. The number of carbonyl (C=O) groups is 1. The molecule has 0 saturated carbocycles. The Labute approximate surface area is 198 Å². The lowest BCUT2D eigenvalue weighted by molar-refractivity contribution is -0.119. The van der Waals surface area contributed by atoms with Crippen LogP contribution in [0, 0.1) is 20.8 Å². The Morgan fingerprint density at radius 2 is 1.55 bits per heavy atom. The predicted molar refractivity (Wildman–Crippen MR) is 133 cm³/mol. The van der Waals surface area contributed by atoms with E-state index in [-0.39, 0.29) is 17.3 Å². The van der Waals surface area contributed by atoms with Crippen molar-refractivity contribution in [2.75, 3.05) is 57.2 Å². The van der Waals surface area contributed by atoms with Gasteiger partial charge in [-0.05, 0) is 76.2 Å². The Hall–Kier alpha value is -2.42. The van der Waals surface area contributed by atoms with Crippen molar-refractivity contribution in [1.82, 2.24) is 15.1 Å². The number of amides is 1. The number of sulfonamides is 1. The quantitative estimate of drug-likeness (QED) is 0.568. The van der Waals surface area contributed by atoms with Crippen LogP contribution in [0.15, 0.2) is 47.4 Å². The van der Waals surface area contributed by atoms with E-state index in [4.69, 9.17) is 0 Å². The number of anilines is 1. The third-order valence-corrected chi connectivity index (χ3v) is 7.75. The molecule has 1 fully saturated rings. The Kier molecular flexibility index (Phi) is 8.51. The van der Waals surface area contributed by atoms with Crippen LogP contribution in [0.1, 0.15) is 23.1 Å². The van der Waals surface area contributed by atoms with Gasteiger partial charge in [0.15, 0.2) is 0 Å². The minimum atomic E-state index is -3.89. The van der Waals surface area contributed by atoms with E-state index in [2.05, 4.69) is 22.2 Å². The number of carbonyl (C=O) groups excluding carboxylic acids is 1. The molecule has 180 valence electrons. The van der Waals surface area contributed by atoms with Crippen molar-refractivity contribution < 1.29 is 13.2 Å². The van der Waals surface area contributed by atoms with E-state index in [1.165, 1.54) is 4.31 Å². The molecule has 1 saturated heterocycles. The predicted octanol–water partition coefficient (Wildman–Crippen LogP) is 2.56. The van der Waals surface area contributed by atoms with Crippen molar-refractivity contribution in [2.45, 2.75) is 32.1 Å². The Bertz CT molecular complexity index is 1030. The third kappa shape index (κ3) is 7.03. The van der Waals surface area contributed by atoms with Crippen molar-refractivity contribution in [3.63, 3.8) is 0 Å². The lowest BCUT2D eigenvalue weighted by Gasteiger charge is -2.32. The van der Waals surface area contributed by atoms with E-state index in [9.17, 15) is 13.2 Å². The molecule has 0 unspecified atom stereocenters. The van der Waals surface area contributed by atoms with E-state index >= 15 is 0 Å². The standard InChI is InChI=1S/C25H36N4O3S/c1-20-6-8-24(9-7-20)33(31,32)29(23-17-21(2)16-22(3)18-23)19-25(30)26-10-5-11-28-14-12-27(4)13-15-28/h6-9,16-18H,5,10-15,19H2,1-4H3,(H,26,30). The fourth-order valence-corrected chi connectivity index (χ4v) is 5.44. The maximum absolute atomic E-state index is 13.5. The number of nitrogens with one attached hydrogen (secondary N) is 1. The first kappa shape index (κ1) is 25.2. The zero-order chi connectivity index (χ0) is 24.0. The minimum absolute atomic E-state index is 0.176. The second-order valence-electron chi connectivity index (χ2n) is 9.02. The van der Waals surface area contributed by atoms with E-state index in [0.717, 1.165) is 55.8 Å². The van der Waals surface area contributed by atoms with Gasteiger partial charge < -0.3 is 15.1 Å². The molecule has 0 aromatic heterocycles. The van der Waals surface area contributed by atoms with Crippen molar-refractivity contribution in [3.8, 4) is 0 Å². The summed E-state index contributed by atoms with van der Waals surface area (Å²) in [6.45, 7) is 11.2. The van der Waals surface area contributed by atoms with E-state index in [0.29, 0.717) is 12.2 Å². The number of hydrogen-bond acceptors (Lipinski definition) is 5. The van der Waals surface area contributed by atoms with Crippen LogP contribution < -0.4 is 9.62 Å². The molecule has 1 aliphatic heterocycles. The van der Waals surface area contributed by atoms with Crippen molar-refractivity contribution in [2.24, 2.45) is 0 Å². The Balaban J connectivity index is 1.69. The summed E-state index contributed by atoms with van der Waals surface area (Å²) in [6, 6.07) is 12.3. The van der Waals surface area contributed by atoms with E-state index in [1.54, 1.807) is 36.4 Å². The van der Waals surface area contributed by atoms with Gasteiger partial charge in [0, 0.05) is 32.7 Å². The summed E-state index contributed by atoms with van der Waals surface area (Å²) in [5.74, 6) is -0.303. The van der Waals surface area contributed by atoms with Gasteiger partial charge in [0.05, 0.1) is 10.6 Å². The lowest BCUT2D eigenvalue weighted by atomic mass is 10.1. The molecule has 0 atom stereocenters. The van der Waals surface area contributed by atoms with E-state index in [1.807, 2.05) is 26.8 Å². The van der Waals surface area contributed by atoms with Gasteiger partial charge in [-0.25, -0.2) is 8.42 Å². The zero-order valence-electron chi connectivity index (χ0n) is 20.2. The summed E-state index contributed by atoms with van der Waals surface area (Å²) in [7, 11) is -1.76. The van der Waals surface area contributed by atoms with Gasteiger partial charge in [0.25, 0.3) is 10.0 Å². The monoisotopic (exact) mass is 472 g/mol. The topological polar surface area (TPSA) is 73.0 Å². The molecule has 0 aliphatic carbocycles. The third-order valence-electron chi connectivity index (χ3n) is 5.96. The van der Waals surface area contributed by atoms with Crippen LogP contribution in [0.25, 0.3) is 0 Å². The lowest BCUT2D eigenvalue weighted by Crippen LogP contribution is -2.45. The molecule has 1 heterocycles. The molecule has 0 bridgehead atoms. The van der Waals surface area contributed by atoms with Gasteiger partial charge in [-0.15, -0.1) is 0 Å². The first-order valence-corrected chi connectivity index (χ1v) is 12.9. The number of benzene rings is 2. The summed E-state index contributed by atoms with van der Waals surface area (Å²) in [5, 5.41) is 2.91. The molecule has 1 N–H and O–H groups in total. The SMILES string of the molecule is Cc1ccc(S(=O)(=O)N(CC(=O)NCCCN2CCN(C)CC2)c2cc(C)cc(C)c2)cc1. The summed E-state index contributed by atoms with van der Waals surface area (Å²) in [6.07, 6.45) is 0.837. The summed E-state index contributed by atoms with van der Waals surface area (Å²) in [4.78, 5) is 17.7. The molecule has 0 spiro atoms. The van der Waals surface area contributed by atoms with Crippen LogP contribution in [0.2, 0.25) is 0 Å². The number of aryl methyl sites for hydroxylation is 3. The van der Waals surface area contributed by atoms with Crippen LogP contribution in [0.3, 0.4) is 0 Å². The molecule has 33 heavy (non-hydrogen) atoms. The fraction of sp³-hybridized carbons (Fsp3) is 0.480. The summed E-state index contributed by atoms with van der Waals surface area (Å²) in [5.41, 5.74) is 3.37. The number of piperazine rings is 1. The van der Waals surface area contributed by atoms with Crippen molar-refractivity contribution in [3.05, 3.63) is 59.2 Å². The molecule has 1 aliphatic rings. The first-order valence-electron chi connectivity index (χ1n) is 11.5. The molecular formula is C25H36N4O3S. The smallest absolute Gasteiger partial charge is 0.264 e. The number of rotatable bonds is 9. The summed E-state index contributed by atoms with van der Waals surface area (Å²) >= 11 is 0. The molecular weight excluding hydrogens is 436 g/mol. The Morgan fingerprint density at radius 1 is 0.939 bits per heavy atom. The summed E-state index contributed by atoms with van der Waals surface area (Å²) < 4.78 is 28.2. The van der Waals surface area contributed by atoms with Gasteiger partial charge in [0.1, 0.15) is 6.54 Å². The highest BCUT2D eigenvalue weighted by molar-refractivity contribution is 7.92. The molecule has 0 radical (unpaired) electrons.